The molecule has 1 aromatic heterocycles. The number of piperidine rings is 2. The van der Waals surface area contributed by atoms with Gasteiger partial charge in [-0.15, -0.1) is 0 Å². The Morgan fingerprint density at radius 1 is 1.21 bits per heavy atom. The van der Waals surface area contributed by atoms with Gasteiger partial charge in [0.05, 0.1) is 12.6 Å². The van der Waals surface area contributed by atoms with Crippen LogP contribution in [0.25, 0.3) is 0 Å². The smallest absolute Gasteiger partial charge is 0.259 e. The summed E-state index contributed by atoms with van der Waals surface area (Å²) in [5, 5.41) is 10.4. The highest BCUT2D eigenvalue weighted by Gasteiger charge is 2.47. The molecule has 4 N–H and O–H groups in total. The van der Waals surface area contributed by atoms with Gasteiger partial charge in [0.25, 0.3) is 5.91 Å². The van der Waals surface area contributed by atoms with Gasteiger partial charge in [0.2, 0.25) is 5.91 Å². The third kappa shape index (κ3) is 4.16. The van der Waals surface area contributed by atoms with Crippen LogP contribution in [0.4, 0.5) is 16.0 Å². The molecule has 1 spiro atoms. The van der Waals surface area contributed by atoms with Crippen molar-refractivity contribution < 1.29 is 14.0 Å². The number of hydrogen-bond donors (Lipinski definition) is 3. The van der Waals surface area contributed by atoms with Crippen molar-refractivity contribution in [2.75, 3.05) is 63.9 Å². The Bertz CT molecular complexity index is 920. The Morgan fingerprint density at radius 3 is 2.64 bits per heavy atom. The molecule has 5 rings (SSSR count). The van der Waals surface area contributed by atoms with Crippen LogP contribution in [-0.2, 0) is 11.3 Å². The first-order chi connectivity index (χ1) is 15.7. The number of likely N-dealkylation sites (tertiary alicyclic amines) is 3. The molecule has 0 radical (unpaired) electrons. The largest absolute Gasteiger partial charge is 0.381 e. The average Bonchev–Trinajstić information content (AvgIpc) is 3.07. The molecule has 3 saturated heterocycles. The predicted molar refractivity (Wildman–Crippen MR) is 123 cm³/mol. The van der Waals surface area contributed by atoms with Crippen LogP contribution in [0, 0.1) is 5.41 Å². The number of likely N-dealkylation sites (N-methyl/N-ethyl adjacent to an activating group) is 1. The Morgan fingerprint density at radius 2 is 1.94 bits per heavy atom. The van der Waals surface area contributed by atoms with E-state index in [1.54, 1.807) is 6.92 Å². The molecule has 0 aromatic carbocycles. The number of hydrogen-bond acceptors (Lipinski definition) is 7. The molecule has 11 heteroatoms. The molecule has 1 aromatic rings. The summed E-state index contributed by atoms with van der Waals surface area (Å²) in [4.78, 5) is 31.6. The summed E-state index contributed by atoms with van der Waals surface area (Å²) in [7, 11) is 2.07. The van der Waals surface area contributed by atoms with Crippen LogP contribution in [0.15, 0.2) is 0 Å². The Labute approximate surface area is 193 Å². The van der Waals surface area contributed by atoms with Crippen molar-refractivity contribution in [3.63, 3.8) is 0 Å². The number of alkyl halides is 1. The Hall–Kier alpha value is -2.40. The van der Waals surface area contributed by atoms with Gasteiger partial charge in [-0.2, -0.15) is 5.10 Å². The van der Waals surface area contributed by atoms with Crippen LogP contribution in [0.5, 0.6) is 0 Å². The van der Waals surface area contributed by atoms with Gasteiger partial charge in [0.1, 0.15) is 17.6 Å². The standard InChI is InChI=1S/C22H35FN8O2/c1-14(32)30-12-22(13-30)4-7-29(8-5-22)17-3-6-28(2)11-16(17)26-21(33)18-19(24)27-31-10-15(23)9-25-20(18)31/h15-17,25H,3-13H2,1-2H3,(H2,24,27)(H,26,33). The molecule has 0 saturated carbocycles. The van der Waals surface area contributed by atoms with Gasteiger partial charge in [-0.1, -0.05) is 0 Å². The molecular formula is C22H35FN8O2. The molecular weight excluding hydrogens is 427 g/mol. The number of rotatable bonds is 3. The lowest BCUT2D eigenvalue weighted by Crippen LogP contribution is -2.65. The second-order valence-electron chi connectivity index (χ2n) is 10.4. The highest BCUT2D eigenvalue weighted by molar-refractivity contribution is 6.03. The van der Waals surface area contributed by atoms with E-state index in [0.29, 0.717) is 11.4 Å². The molecule has 4 aliphatic rings. The van der Waals surface area contributed by atoms with E-state index < -0.39 is 6.17 Å². The molecule has 3 fully saturated rings. The van der Waals surface area contributed by atoms with E-state index in [2.05, 4.69) is 32.6 Å². The van der Waals surface area contributed by atoms with Gasteiger partial charge in [-0.25, -0.2) is 9.07 Å². The zero-order valence-corrected chi connectivity index (χ0v) is 19.5. The second kappa shape index (κ2) is 8.43. The maximum absolute atomic E-state index is 13.7. The van der Waals surface area contributed by atoms with Crippen LogP contribution in [0.2, 0.25) is 0 Å². The fraction of sp³-hybridized carbons (Fsp3) is 0.773. The van der Waals surface area contributed by atoms with Crippen molar-refractivity contribution in [1.82, 2.24) is 29.8 Å². The van der Waals surface area contributed by atoms with Crippen LogP contribution < -0.4 is 16.4 Å². The minimum atomic E-state index is -1.05. The number of fused-ring (bicyclic) bond motifs is 1. The Kier molecular flexibility index (Phi) is 5.72. The number of carbonyl (C=O) groups excluding carboxylic acids is 2. The van der Waals surface area contributed by atoms with E-state index in [9.17, 15) is 14.0 Å². The fourth-order valence-electron chi connectivity index (χ4n) is 6.03. The second-order valence-corrected chi connectivity index (χ2v) is 10.4. The number of carbonyl (C=O) groups is 2. The van der Waals surface area contributed by atoms with E-state index in [4.69, 9.17) is 5.73 Å². The maximum atomic E-state index is 13.7. The van der Waals surface area contributed by atoms with Crippen molar-refractivity contribution in [3.8, 4) is 0 Å². The van der Waals surface area contributed by atoms with Crippen molar-refractivity contribution in [3.05, 3.63) is 5.56 Å². The van der Waals surface area contributed by atoms with E-state index >= 15 is 0 Å². The minimum Gasteiger partial charge on any atom is -0.381 e. The molecule has 2 amide bonds. The van der Waals surface area contributed by atoms with E-state index in [0.717, 1.165) is 58.5 Å². The quantitative estimate of drug-likeness (QED) is 0.579. The summed E-state index contributed by atoms with van der Waals surface area (Å²) in [5.41, 5.74) is 6.64. The number of amides is 2. The van der Waals surface area contributed by atoms with E-state index in [-0.39, 0.29) is 48.2 Å². The SMILES string of the molecule is CC(=O)N1CC2(CCN(C3CCN(C)CC3NC(=O)c3c(N)nn4c3NCC(F)C4)CC2)C1. The lowest BCUT2D eigenvalue weighted by molar-refractivity contribution is -0.145. The van der Waals surface area contributed by atoms with Crippen molar-refractivity contribution in [1.29, 1.82) is 0 Å². The zero-order chi connectivity index (χ0) is 23.3. The predicted octanol–water partition coefficient (Wildman–Crippen LogP) is -0.0243. The molecule has 3 unspecified atom stereocenters. The number of aromatic nitrogens is 2. The van der Waals surface area contributed by atoms with Gasteiger partial charge in [-0.05, 0) is 45.9 Å². The summed E-state index contributed by atoms with van der Waals surface area (Å²) in [6.45, 7) is 7.37. The normalized spacial score (nSPS) is 29.8. The van der Waals surface area contributed by atoms with Gasteiger partial charge in [0.15, 0.2) is 5.82 Å². The first-order valence-electron chi connectivity index (χ1n) is 12.0. The topological polar surface area (TPSA) is 112 Å². The summed E-state index contributed by atoms with van der Waals surface area (Å²) < 4.78 is 15.2. The van der Waals surface area contributed by atoms with Crippen molar-refractivity contribution in [2.24, 2.45) is 5.41 Å². The maximum Gasteiger partial charge on any atom is 0.259 e. The first kappa shape index (κ1) is 22.4. The van der Waals surface area contributed by atoms with Gasteiger partial charge >= 0.3 is 0 Å². The molecule has 182 valence electrons. The first-order valence-corrected chi connectivity index (χ1v) is 12.0. The van der Waals surface area contributed by atoms with Crippen LogP contribution in [-0.4, -0.2) is 107 Å². The molecule has 33 heavy (non-hydrogen) atoms. The van der Waals surface area contributed by atoms with Gasteiger partial charge < -0.3 is 26.2 Å². The summed E-state index contributed by atoms with van der Waals surface area (Å²) in [5.74, 6) is 0.539. The van der Waals surface area contributed by atoms with Gasteiger partial charge in [0, 0.05) is 44.6 Å². The molecule has 4 aliphatic heterocycles. The van der Waals surface area contributed by atoms with Gasteiger partial charge in [-0.3, -0.25) is 14.5 Å². The summed E-state index contributed by atoms with van der Waals surface area (Å²) in [6.07, 6.45) is 2.10. The minimum absolute atomic E-state index is 0.0344. The lowest BCUT2D eigenvalue weighted by Gasteiger charge is -2.55. The average molecular weight is 463 g/mol. The number of anilines is 2. The highest BCUT2D eigenvalue weighted by Crippen LogP contribution is 2.41. The fourth-order valence-corrected chi connectivity index (χ4v) is 6.03. The van der Waals surface area contributed by atoms with Crippen molar-refractivity contribution in [2.45, 2.75) is 51.0 Å². The number of nitrogens with two attached hydrogens (primary N) is 1. The number of nitrogens with one attached hydrogen (secondary N) is 2. The van der Waals surface area contributed by atoms with E-state index in [1.807, 2.05) is 4.90 Å². The van der Waals surface area contributed by atoms with Crippen LogP contribution in [0.3, 0.4) is 0 Å². The molecule has 3 atom stereocenters. The molecule has 10 nitrogen and oxygen atoms in total. The summed E-state index contributed by atoms with van der Waals surface area (Å²) >= 11 is 0. The molecule has 5 heterocycles. The number of nitrogen functional groups attached to an aromatic ring is 1. The van der Waals surface area contributed by atoms with Crippen LogP contribution >= 0.6 is 0 Å². The molecule has 0 bridgehead atoms. The third-order valence-electron chi connectivity index (χ3n) is 7.99. The number of halogens is 1. The molecule has 0 aliphatic carbocycles. The highest BCUT2D eigenvalue weighted by atomic mass is 19.1. The Balaban J connectivity index is 1.26. The zero-order valence-electron chi connectivity index (χ0n) is 19.5. The number of nitrogens with zero attached hydrogens (tertiary/aromatic N) is 5. The monoisotopic (exact) mass is 462 g/mol. The van der Waals surface area contributed by atoms with E-state index in [1.165, 1.54) is 4.68 Å². The lowest BCUT2D eigenvalue weighted by atomic mass is 9.71. The van der Waals surface area contributed by atoms with Crippen LogP contribution in [0.1, 0.15) is 36.5 Å². The summed E-state index contributed by atoms with van der Waals surface area (Å²) in [6, 6.07) is 0.218. The third-order valence-corrected chi connectivity index (χ3v) is 7.99. The van der Waals surface area contributed by atoms with Crippen molar-refractivity contribution >= 4 is 23.5 Å².